The van der Waals surface area contributed by atoms with Gasteiger partial charge in [-0.3, -0.25) is 14.5 Å². The molecule has 2 amide bonds. The Morgan fingerprint density at radius 3 is 2.56 bits per heavy atom. The molecule has 36 heavy (non-hydrogen) atoms. The standard InChI is InChI=1S/C27H35FN4O4/c1-35-15-14-31(18-20-6-8-22(28)9-7-20)23-17-25(27(34)30-12-10-29-11-13-30)32(19-23)26(33)21-4-3-5-24(16-21)36-2/h3-9,16,23,25,29H,10-15,17-19H2,1-2H3. The zero-order valence-electron chi connectivity index (χ0n) is 21.0. The van der Waals surface area contributed by atoms with Gasteiger partial charge < -0.3 is 24.6 Å². The van der Waals surface area contributed by atoms with Gasteiger partial charge in [-0.05, 0) is 42.3 Å². The molecule has 2 aliphatic heterocycles. The highest BCUT2D eigenvalue weighted by Gasteiger charge is 2.43. The number of likely N-dealkylation sites (tertiary alicyclic amines) is 1. The van der Waals surface area contributed by atoms with E-state index in [2.05, 4.69) is 10.2 Å². The van der Waals surface area contributed by atoms with Crippen molar-refractivity contribution in [3.63, 3.8) is 0 Å². The lowest BCUT2D eigenvalue weighted by molar-refractivity contribution is -0.135. The molecule has 0 radical (unpaired) electrons. The van der Waals surface area contributed by atoms with E-state index in [4.69, 9.17) is 9.47 Å². The van der Waals surface area contributed by atoms with Gasteiger partial charge in [0.25, 0.3) is 5.91 Å². The van der Waals surface area contributed by atoms with Crippen LogP contribution in [0, 0.1) is 5.82 Å². The largest absolute Gasteiger partial charge is 0.497 e. The summed E-state index contributed by atoms with van der Waals surface area (Å²) in [5.74, 6) is 0.126. The number of carbonyl (C=O) groups is 2. The maximum Gasteiger partial charge on any atom is 0.254 e. The lowest BCUT2D eigenvalue weighted by atomic mass is 10.1. The summed E-state index contributed by atoms with van der Waals surface area (Å²) in [6.45, 7) is 4.89. The SMILES string of the molecule is COCCN(Cc1ccc(F)cc1)C1CC(C(=O)N2CCNCC2)N(C(=O)c2cccc(OC)c2)C1. The molecule has 0 saturated carbocycles. The van der Waals surface area contributed by atoms with Crippen LogP contribution in [0.3, 0.4) is 0 Å². The molecule has 2 fully saturated rings. The van der Waals surface area contributed by atoms with Gasteiger partial charge in [-0.25, -0.2) is 4.39 Å². The second kappa shape index (κ2) is 12.3. The van der Waals surface area contributed by atoms with Crippen molar-refractivity contribution in [2.45, 2.75) is 25.0 Å². The van der Waals surface area contributed by atoms with Crippen LogP contribution in [0.1, 0.15) is 22.3 Å². The van der Waals surface area contributed by atoms with Gasteiger partial charge >= 0.3 is 0 Å². The quantitative estimate of drug-likeness (QED) is 0.570. The maximum absolute atomic E-state index is 13.7. The van der Waals surface area contributed by atoms with Crippen molar-refractivity contribution >= 4 is 11.8 Å². The Kier molecular flexibility index (Phi) is 8.90. The molecule has 0 aliphatic carbocycles. The lowest BCUT2D eigenvalue weighted by Gasteiger charge is -2.32. The molecule has 8 nitrogen and oxygen atoms in total. The van der Waals surface area contributed by atoms with Crippen molar-refractivity contribution in [3.8, 4) is 5.75 Å². The Morgan fingerprint density at radius 2 is 1.86 bits per heavy atom. The highest BCUT2D eigenvalue weighted by Crippen LogP contribution is 2.28. The normalized spacial score (nSPS) is 20.1. The number of halogens is 1. The van der Waals surface area contributed by atoms with Crippen LogP contribution in [0.5, 0.6) is 5.75 Å². The fourth-order valence-electron chi connectivity index (χ4n) is 4.98. The van der Waals surface area contributed by atoms with E-state index in [1.165, 1.54) is 12.1 Å². The molecule has 0 spiro atoms. The molecule has 1 N–H and O–H groups in total. The summed E-state index contributed by atoms with van der Waals surface area (Å²) in [6, 6.07) is 12.9. The molecule has 2 saturated heterocycles. The van der Waals surface area contributed by atoms with E-state index in [9.17, 15) is 14.0 Å². The average Bonchev–Trinajstić information content (AvgIpc) is 3.37. The number of methoxy groups -OCH3 is 2. The van der Waals surface area contributed by atoms with E-state index in [1.54, 1.807) is 55.5 Å². The van der Waals surface area contributed by atoms with Crippen LogP contribution >= 0.6 is 0 Å². The molecule has 194 valence electrons. The van der Waals surface area contributed by atoms with Crippen LogP contribution in [0.2, 0.25) is 0 Å². The zero-order valence-corrected chi connectivity index (χ0v) is 21.0. The van der Waals surface area contributed by atoms with Crippen LogP contribution in [0.25, 0.3) is 0 Å². The number of benzene rings is 2. The number of amides is 2. The highest BCUT2D eigenvalue weighted by atomic mass is 19.1. The molecular weight excluding hydrogens is 463 g/mol. The third-order valence-electron chi connectivity index (χ3n) is 6.97. The molecule has 2 atom stereocenters. The summed E-state index contributed by atoms with van der Waals surface area (Å²) in [5.41, 5.74) is 1.46. The minimum Gasteiger partial charge on any atom is -0.497 e. The second-order valence-corrected chi connectivity index (χ2v) is 9.26. The van der Waals surface area contributed by atoms with Crippen LogP contribution in [0.4, 0.5) is 4.39 Å². The van der Waals surface area contributed by atoms with Gasteiger partial charge in [0.2, 0.25) is 5.91 Å². The fraction of sp³-hybridized carbons (Fsp3) is 0.481. The number of hydrogen-bond acceptors (Lipinski definition) is 6. The predicted molar refractivity (Wildman–Crippen MR) is 134 cm³/mol. The third kappa shape index (κ3) is 6.21. The first kappa shape index (κ1) is 26.1. The van der Waals surface area contributed by atoms with Crippen molar-refractivity contribution in [2.24, 2.45) is 0 Å². The Labute approximate surface area is 211 Å². The highest BCUT2D eigenvalue weighted by molar-refractivity contribution is 5.98. The Hall–Kier alpha value is -3.01. The van der Waals surface area contributed by atoms with Crippen molar-refractivity contribution in [3.05, 3.63) is 65.5 Å². The van der Waals surface area contributed by atoms with E-state index in [1.807, 2.05) is 4.90 Å². The minimum absolute atomic E-state index is 0.0104. The minimum atomic E-state index is -0.551. The molecule has 2 aromatic carbocycles. The topological polar surface area (TPSA) is 74.4 Å². The van der Waals surface area contributed by atoms with E-state index >= 15 is 0 Å². The molecular formula is C27H35FN4O4. The summed E-state index contributed by atoms with van der Waals surface area (Å²) in [4.78, 5) is 33.1. The zero-order chi connectivity index (χ0) is 25.5. The fourth-order valence-corrected chi connectivity index (χ4v) is 4.98. The molecule has 2 unspecified atom stereocenters. The summed E-state index contributed by atoms with van der Waals surface area (Å²) < 4.78 is 24.1. The number of carbonyl (C=O) groups excluding carboxylic acids is 2. The van der Waals surface area contributed by atoms with E-state index in [0.29, 0.717) is 57.1 Å². The van der Waals surface area contributed by atoms with Crippen molar-refractivity contribution in [2.75, 3.05) is 60.1 Å². The van der Waals surface area contributed by atoms with Gasteiger partial charge in [-0.1, -0.05) is 18.2 Å². The number of hydrogen-bond donors (Lipinski definition) is 1. The molecule has 2 aromatic rings. The Morgan fingerprint density at radius 1 is 1.11 bits per heavy atom. The van der Waals surface area contributed by atoms with Gasteiger partial charge in [0.05, 0.1) is 13.7 Å². The summed E-state index contributed by atoms with van der Waals surface area (Å²) in [5, 5.41) is 3.28. The summed E-state index contributed by atoms with van der Waals surface area (Å²) >= 11 is 0. The number of nitrogens with one attached hydrogen (secondary N) is 1. The number of piperazine rings is 1. The maximum atomic E-state index is 13.7. The first-order valence-electron chi connectivity index (χ1n) is 12.4. The summed E-state index contributed by atoms with van der Waals surface area (Å²) in [6.07, 6.45) is 0.531. The van der Waals surface area contributed by atoms with Crippen LogP contribution in [-0.2, 0) is 16.1 Å². The van der Waals surface area contributed by atoms with Crippen LogP contribution in [-0.4, -0.2) is 98.7 Å². The molecule has 0 bridgehead atoms. The van der Waals surface area contributed by atoms with E-state index in [0.717, 1.165) is 18.7 Å². The van der Waals surface area contributed by atoms with Gasteiger partial charge in [0, 0.05) is 64.5 Å². The van der Waals surface area contributed by atoms with Gasteiger partial charge in [0.15, 0.2) is 0 Å². The molecule has 0 aromatic heterocycles. The third-order valence-corrected chi connectivity index (χ3v) is 6.97. The Bertz CT molecular complexity index is 1030. The predicted octanol–water partition coefficient (Wildman–Crippen LogP) is 2.00. The number of ether oxygens (including phenoxy) is 2. The number of rotatable bonds is 9. The first-order chi connectivity index (χ1) is 17.5. The number of nitrogens with zero attached hydrogens (tertiary/aromatic N) is 3. The van der Waals surface area contributed by atoms with Gasteiger partial charge in [-0.15, -0.1) is 0 Å². The van der Waals surface area contributed by atoms with E-state index in [-0.39, 0.29) is 23.7 Å². The van der Waals surface area contributed by atoms with Gasteiger partial charge in [0.1, 0.15) is 17.6 Å². The smallest absolute Gasteiger partial charge is 0.254 e. The van der Waals surface area contributed by atoms with Crippen molar-refractivity contribution in [1.29, 1.82) is 0 Å². The second-order valence-electron chi connectivity index (χ2n) is 9.26. The first-order valence-corrected chi connectivity index (χ1v) is 12.4. The van der Waals surface area contributed by atoms with Gasteiger partial charge in [-0.2, -0.15) is 0 Å². The van der Waals surface area contributed by atoms with Crippen molar-refractivity contribution < 1.29 is 23.5 Å². The molecule has 2 aliphatic rings. The molecule has 9 heteroatoms. The van der Waals surface area contributed by atoms with Crippen molar-refractivity contribution in [1.82, 2.24) is 20.0 Å². The van der Waals surface area contributed by atoms with E-state index < -0.39 is 6.04 Å². The lowest BCUT2D eigenvalue weighted by Crippen LogP contribution is -2.53. The van der Waals surface area contributed by atoms with Crippen LogP contribution < -0.4 is 10.1 Å². The monoisotopic (exact) mass is 498 g/mol. The van der Waals surface area contributed by atoms with Crippen LogP contribution in [0.15, 0.2) is 48.5 Å². The molecule has 2 heterocycles. The Balaban J connectivity index is 1.60. The molecule has 4 rings (SSSR count). The summed E-state index contributed by atoms with van der Waals surface area (Å²) in [7, 11) is 3.22. The average molecular weight is 499 g/mol.